The molecule has 0 radical (unpaired) electrons. The van der Waals surface area contributed by atoms with Crippen molar-refractivity contribution < 1.29 is 0 Å². The maximum absolute atomic E-state index is 6.09. The average molecular weight is 763 g/mol. The molecule has 6 nitrogen and oxygen atoms in total. The molecule has 0 amide bonds. The highest BCUT2D eigenvalue weighted by atomic mass is 15.2. The standard InChI is InChI=1S/C35H28N6.C13H14.2C2H6/c36-21-39-35(37)24-14-16-34(38-20-24)41-31-12-6-4-10-27(31)29-18-28-26-9-3-5-11-30(26)40(32(28)19-33(29)41)25-15-13-22-7-1-2-8-23(22)17-25;1-3-7-12(8-4-1)11-13-9-5-2-6-10-13;2*1-2/h1-17,19-20,29H,18,21,36H2,(H2,37,39);1-5,7-9H,6,10-11H2;2*1-2H3. The van der Waals surface area contributed by atoms with E-state index < -0.39 is 0 Å². The number of aromatic nitrogens is 2. The molecular formula is C52H54N6. The van der Waals surface area contributed by atoms with Gasteiger partial charge in [-0.2, -0.15) is 0 Å². The van der Waals surface area contributed by atoms with Crippen LogP contribution < -0.4 is 16.4 Å². The molecule has 6 heteroatoms. The fourth-order valence-corrected chi connectivity index (χ4v) is 8.22. The summed E-state index contributed by atoms with van der Waals surface area (Å²) in [6, 6.07) is 47.4. The van der Waals surface area contributed by atoms with Gasteiger partial charge in [0, 0.05) is 34.4 Å². The minimum atomic E-state index is 0.148. The second-order valence-corrected chi connectivity index (χ2v) is 14.1. The first-order chi connectivity index (χ1) is 28.7. The van der Waals surface area contributed by atoms with E-state index in [1.54, 1.807) is 11.8 Å². The average Bonchev–Trinajstić information content (AvgIpc) is 3.80. The molecule has 2 aliphatic carbocycles. The lowest BCUT2D eigenvalue weighted by Crippen LogP contribution is -2.20. The van der Waals surface area contributed by atoms with Gasteiger partial charge >= 0.3 is 0 Å². The van der Waals surface area contributed by atoms with Crippen LogP contribution in [-0.2, 0) is 12.8 Å². The zero-order valence-electron chi connectivity index (χ0n) is 34.1. The van der Waals surface area contributed by atoms with Crippen molar-refractivity contribution in [3.8, 4) is 5.69 Å². The number of hydrogen-bond donors (Lipinski definition) is 2. The third-order valence-electron chi connectivity index (χ3n) is 10.8. The van der Waals surface area contributed by atoms with Crippen LogP contribution in [0.1, 0.15) is 74.4 Å². The number of pyridine rings is 1. The molecule has 0 bridgehead atoms. The summed E-state index contributed by atoms with van der Waals surface area (Å²) in [4.78, 5) is 11.3. The summed E-state index contributed by atoms with van der Waals surface area (Å²) in [5.41, 5.74) is 24.1. The molecule has 58 heavy (non-hydrogen) atoms. The lowest BCUT2D eigenvalue weighted by Gasteiger charge is -2.26. The van der Waals surface area contributed by atoms with Crippen molar-refractivity contribution in [2.45, 2.75) is 59.3 Å². The van der Waals surface area contributed by atoms with Crippen molar-refractivity contribution in [3.05, 3.63) is 197 Å². The molecular weight excluding hydrogens is 709 g/mol. The molecule has 3 heterocycles. The highest BCUT2D eigenvalue weighted by Crippen LogP contribution is 2.52. The zero-order chi connectivity index (χ0) is 40.4. The molecule has 292 valence electrons. The number of amidine groups is 1. The van der Waals surface area contributed by atoms with Crippen LogP contribution in [0, 0.1) is 0 Å². The van der Waals surface area contributed by atoms with Crippen molar-refractivity contribution in [1.82, 2.24) is 9.55 Å². The molecule has 5 aromatic carbocycles. The fraction of sp³-hybridized carbons (Fsp3) is 0.192. The Labute approximate surface area is 343 Å². The third-order valence-corrected chi connectivity index (χ3v) is 10.8. The number of para-hydroxylation sites is 2. The first-order valence-corrected chi connectivity index (χ1v) is 20.7. The summed E-state index contributed by atoms with van der Waals surface area (Å²) in [6.07, 6.45) is 15.3. The van der Waals surface area contributed by atoms with Crippen LogP contribution >= 0.6 is 0 Å². The van der Waals surface area contributed by atoms with Gasteiger partial charge in [0.15, 0.2) is 0 Å². The molecule has 1 aliphatic heterocycles. The lowest BCUT2D eigenvalue weighted by atomic mass is 9.86. The molecule has 0 saturated heterocycles. The zero-order valence-corrected chi connectivity index (χ0v) is 34.1. The molecule has 1 atom stereocenters. The summed E-state index contributed by atoms with van der Waals surface area (Å²) in [6.45, 7) is 8.15. The number of aliphatic imine (C=N–C) groups is 1. The van der Waals surface area contributed by atoms with E-state index >= 15 is 0 Å². The summed E-state index contributed by atoms with van der Waals surface area (Å²) < 4.78 is 2.42. The van der Waals surface area contributed by atoms with Crippen LogP contribution in [0.3, 0.4) is 0 Å². The minimum Gasteiger partial charge on any atom is -0.383 e. The van der Waals surface area contributed by atoms with Gasteiger partial charge in [-0.1, -0.05) is 149 Å². The van der Waals surface area contributed by atoms with Crippen molar-refractivity contribution >= 4 is 45.1 Å². The van der Waals surface area contributed by atoms with Gasteiger partial charge in [-0.05, 0) is 95.6 Å². The van der Waals surface area contributed by atoms with Gasteiger partial charge in [0.25, 0.3) is 0 Å². The Morgan fingerprint density at radius 3 is 2.29 bits per heavy atom. The van der Waals surface area contributed by atoms with Gasteiger partial charge in [0.2, 0.25) is 0 Å². The van der Waals surface area contributed by atoms with Crippen LogP contribution in [-0.4, -0.2) is 22.1 Å². The Balaban J connectivity index is 0.000000254. The molecule has 7 aromatic rings. The molecule has 4 N–H and O–H groups in total. The van der Waals surface area contributed by atoms with Gasteiger partial charge in [-0.15, -0.1) is 0 Å². The van der Waals surface area contributed by atoms with Gasteiger partial charge in [-0.3, -0.25) is 9.89 Å². The third kappa shape index (κ3) is 8.02. The summed E-state index contributed by atoms with van der Waals surface area (Å²) in [7, 11) is 0. The van der Waals surface area contributed by atoms with Crippen LogP contribution in [0.5, 0.6) is 0 Å². The van der Waals surface area contributed by atoms with Gasteiger partial charge in [-0.25, -0.2) is 4.98 Å². The molecule has 0 fully saturated rings. The lowest BCUT2D eigenvalue weighted by molar-refractivity contribution is 0.794. The topological polar surface area (TPSA) is 85.5 Å². The number of fused-ring (bicyclic) bond motifs is 7. The highest BCUT2D eigenvalue weighted by molar-refractivity contribution is 5.98. The quantitative estimate of drug-likeness (QED) is 0.130. The molecule has 0 spiro atoms. The maximum Gasteiger partial charge on any atom is 0.137 e. The Kier molecular flexibility index (Phi) is 12.8. The Hall–Kier alpha value is -6.50. The number of anilines is 2. The molecule has 10 rings (SSSR count). The number of rotatable bonds is 6. The Morgan fingerprint density at radius 2 is 1.53 bits per heavy atom. The molecule has 3 aliphatic rings. The van der Waals surface area contributed by atoms with Crippen molar-refractivity contribution in [2.75, 3.05) is 11.6 Å². The molecule has 1 unspecified atom stereocenters. The molecule has 2 aromatic heterocycles. The first kappa shape index (κ1) is 39.7. The Morgan fingerprint density at radius 1 is 0.793 bits per heavy atom. The number of hydrogen-bond acceptors (Lipinski definition) is 4. The van der Waals surface area contributed by atoms with Crippen LogP contribution in [0.2, 0.25) is 0 Å². The van der Waals surface area contributed by atoms with Crippen molar-refractivity contribution in [3.63, 3.8) is 0 Å². The van der Waals surface area contributed by atoms with E-state index in [4.69, 9.17) is 16.5 Å². The van der Waals surface area contributed by atoms with E-state index in [1.165, 1.54) is 68.3 Å². The highest BCUT2D eigenvalue weighted by Gasteiger charge is 2.39. The minimum absolute atomic E-state index is 0.148. The number of benzene rings is 5. The fourth-order valence-electron chi connectivity index (χ4n) is 8.22. The van der Waals surface area contributed by atoms with Crippen LogP contribution in [0.15, 0.2) is 174 Å². The first-order valence-electron chi connectivity index (χ1n) is 20.7. The van der Waals surface area contributed by atoms with Crippen molar-refractivity contribution in [1.29, 1.82) is 0 Å². The van der Waals surface area contributed by atoms with Crippen molar-refractivity contribution in [2.24, 2.45) is 16.5 Å². The number of nitrogens with zero attached hydrogens (tertiary/aromatic N) is 4. The van der Waals surface area contributed by atoms with E-state index in [0.717, 1.165) is 29.9 Å². The summed E-state index contributed by atoms with van der Waals surface area (Å²) in [5.74, 6) is 1.49. The normalized spacial score (nSPS) is 15.0. The van der Waals surface area contributed by atoms with E-state index in [0.29, 0.717) is 5.84 Å². The van der Waals surface area contributed by atoms with Gasteiger partial charge in [0.05, 0.1) is 23.6 Å². The second-order valence-electron chi connectivity index (χ2n) is 14.1. The Bertz CT molecular complexity index is 2610. The predicted molar refractivity (Wildman–Crippen MR) is 247 cm³/mol. The number of nitrogens with two attached hydrogens (primary N) is 2. The van der Waals surface area contributed by atoms with Gasteiger partial charge in [0.1, 0.15) is 11.7 Å². The number of allylic oxidation sites excluding steroid dienone is 5. The van der Waals surface area contributed by atoms with Crippen LogP contribution in [0.25, 0.3) is 33.4 Å². The maximum atomic E-state index is 6.09. The smallest absolute Gasteiger partial charge is 0.137 e. The predicted octanol–water partition coefficient (Wildman–Crippen LogP) is 12.2. The van der Waals surface area contributed by atoms with E-state index in [1.807, 2.05) is 39.8 Å². The molecule has 0 saturated carbocycles. The SMILES string of the molecule is C1=CCCC(Cc2ccccc2)=C1.CC.CC.NC/N=C(\N)c1ccc(N2C3=Cc4c(c5ccccc5n4-c4ccc5ccccc5c4)CC3c3ccccc32)nc1. The summed E-state index contributed by atoms with van der Waals surface area (Å²) in [5, 5.41) is 3.78. The second kappa shape index (κ2) is 18.6. The van der Waals surface area contributed by atoms with E-state index in [9.17, 15) is 0 Å². The van der Waals surface area contributed by atoms with E-state index in [2.05, 4.69) is 160 Å². The monoisotopic (exact) mass is 762 g/mol. The summed E-state index contributed by atoms with van der Waals surface area (Å²) >= 11 is 0. The van der Waals surface area contributed by atoms with E-state index in [-0.39, 0.29) is 12.6 Å². The van der Waals surface area contributed by atoms with Crippen LogP contribution in [0.4, 0.5) is 11.5 Å². The van der Waals surface area contributed by atoms with Gasteiger partial charge < -0.3 is 16.0 Å². The largest absolute Gasteiger partial charge is 0.383 e.